The number of amides is 1. The van der Waals surface area contributed by atoms with E-state index in [2.05, 4.69) is 5.32 Å². The van der Waals surface area contributed by atoms with Gasteiger partial charge in [0.2, 0.25) is 15.9 Å². The maximum Gasteiger partial charge on any atom is 0.228 e. The molecule has 1 fully saturated rings. The highest BCUT2D eigenvalue weighted by Crippen LogP contribution is 2.27. The minimum Gasteiger partial charge on any atom is -0.325 e. The number of benzene rings is 2. The highest BCUT2D eigenvalue weighted by atomic mass is 35.5. The summed E-state index contributed by atoms with van der Waals surface area (Å²) in [6.07, 6.45) is 1.33. The Kier molecular flexibility index (Phi) is 6.66. The topological polar surface area (TPSA) is 66.5 Å². The first kappa shape index (κ1) is 21.8. The highest BCUT2D eigenvalue weighted by Gasteiger charge is 2.33. The zero-order chi connectivity index (χ0) is 21.2. The Bertz CT molecular complexity index is 997. The van der Waals surface area contributed by atoms with E-state index in [0.717, 1.165) is 22.4 Å². The molecule has 0 radical (unpaired) electrons. The van der Waals surface area contributed by atoms with E-state index >= 15 is 0 Å². The van der Waals surface area contributed by atoms with Gasteiger partial charge in [0.15, 0.2) is 0 Å². The van der Waals surface area contributed by atoms with Gasteiger partial charge in [-0.1, -0.05) is 47.5 Å². The predicted octanol–water partition coefficient (Wildman–Crippen LogP) is 4.45. The van der Waals surface area contributed by atoms with Crippen LogP contribution in [0, 0.1) is 26.7 Å². The normalized spacial score (nSPS) is 17.9. The molecule has 1 aliphatic heterocycles. The van der Waals surface area contributed by atoms with Gasteiger partial charge in [0.05, 0.1) is 11.7 Å². The number of sulfonamides is 1. The lowest BCUT2D eigenvalue weighted by Gasteiger charge is -2.31. The van der Waals surface area contributed by atoms with Gasteiger partial charge in [0, 0.05) is 23.8 Å². The zero-order valence-electron chi connectivity index (χ0n) is 17.0. The Labute approximate surface area is 178 Å². The monoisotopic (exact) mass is 434 g/mol. The van der Waals surface area contributed by atoms with Crippen molar-refractivity contribution < 1.29 is 13.2 Å². The van der Waals surface area contributed by atoms with E-state index < -0.39 is 10.0 Å². The van der Waals surface area contributed by atoms with Crippen LogP contribution in [0.25, 0.3) is 0 Å². The van der Waals surface area contributed by atoms with E-state index in [1.807, 2.05) is 32.9 Å². The van der Waals surface area contributed by atoms with Crippen molar-refractivity contribution in [2.45, 2.75) is 39.4 Å². The first-order valence-electron chi connectivity index (χ1n) is 9.77. The van der Waals surface area contributed by atoms with Crippen molar-refractivity contribution in [1.82, 2.24) is 4.31 Å². The van der Waals surface area contributed by atoms with Crippen LogP contribution in [0.15, 0.2) is 36.4 Å². The quantitative estimate of drug-likeness (QED) is 0.756. The lowest BCUT2D eigenvalue weighted by Crippen LogP contribution is -2.44. The van der Waals surface area contributed by atoms with E-state index in [1.54, 1.807) is 24.3 Å². The maximum atomic E-state index is 12.9. The number of carbonyl (C=O) groups is 1. The predicted molar refractivity (Wildman–Crippen MR) is 118 cm³/mol. The molecule has 0 aromatic heterocycles. The Hall–Kier alpha value is -1.89. The first-order chi connectivity index (χ1) is 13.7. The largest absolute Gasteiger partial charge is 0.325 e. The number of anilines is 1. The molecule has 1 amide bonds. The van der Waals surface area contributed by atoms with Crippen molar-refractivity contribution in [3.05, 3.63) is 63.7 Å². The van der Waals surface area contributed by atoms with Crippen LogP contribution in [0.4, 0.5) is 5.69 Å². The van der Waals surface area contributed by atoms with Crippen LogP contribution in [-0.4, -0.2) is 31.7 Å². The van der Waals surface area contributed by atoms with Crippen LogP contribution in [-0.2, 0) is 20.6 Å². The van der Waals surface area contributed by atoms with E-state index in [9.17, 15) is 13.2 Å². The molecule has 5 nitrogen and oxygen atoms in total. The van der Waals surface area contributed by atoms with Crippen LogP contribution < -0.4 is 5.32 Å². The summed E-state index contributed by atoms with van der Waals surface area (Å²) in [5, 5.41) is 3.46. The summed E-state index contributed by atoms with van der Waals surface area (Å²) < 4.78 is 27.3. The second kappa shape index (κ2) is 8.86. The van der Waals surface area contributed by atoms with E-state index in [1.165, 1.54) is 4.31 Å². The van der Waals surface area contributed by atoms with Crippen molar-refractivity contribution in [2.75, 3.05) is 18.4 Å². The molecule has 7 heteroatoms. The summed E-state index contributed by atoms with van der Waals surface area (Å²) in [5.41, 5.74) is 4.56. The molecule has 3 rings (SSSR count). The summed E-state index contributed by atoms with van der Waals surface area (Å²) >= 11 is 6.13. The van der Waals surface area contributed by atoms with Crippen LogP contribution >= 0.6 is 11.6 Å². The number of halogens is 1. The van der Waals surface area contributed by atoms with E-state index in [4.69, 9.17) is 11.6 Å². The Morgan fingerprint density at radius 3 is 2.48 bits per heavy atom. The minimum atomic E-state index is -3.55. The fraction of sp³-hybridized carbons (Fsp3) is 0.409. The molecule has 1 unspecified atom stereocenters. The third-order valence-corrected chi connectivity index (χ3v) is 7.53. The third kappa shape index (κ3) is 5.18. The molecular weight excluding hydrogens is 408 g/mol. The summed E-state index contributed by atoms with van der Waals surface area (Å²) in [6.45, 7) is 6.59. The molecule has 2 aromatic rings. The molecule has 2 aromatic carbocycles. The Morgan fingerprint density at radius 1 is 1.17 bits per heavy atom. The van der Waals surface area contributed by atoms with Gasteiger partial charge in [-0.2, -0.15) is 0 Å². The van der Waals surface area contributed by atoms with Gasteiger partial charge < -0.3 is 5.32 Å². The fourth-order valence-electron chi connectivity index (χ4n) is 3.91. The SMILES string of the molecule is Cc1cc(C)c(NC(=O)C2CCCN(S(=O)(=O)Cc3ccccc3Cl)C2)c(C)c1. The molecule has 1 aliphatic rings. The van der Waals surface area contributed by atoms with Gasteiger partial charge in [0.25, 0.3) is 0 Å². The molecule has 0 bridgehead atoms. The maximum absolute atomic E-state index is 12.9. The van der Waals surface area contributed by atoms with Crippen LogP contribution in [0.3, 0.4) is 0 Å². The smallest absolute Gasteiger partial charge is 0.228 e. The van der Waals surface area contributed by atoms with Crippen molar-refractivity contribution in [3.8, 4) is 0 Å². The third-order valence-electron chi connectivity index (χ3n) is 5.37. The van der Waals surface area contributed by atoms with E-state index in [-0.39, 0.29) is 24.1 Å². The Balaban J connectivity index is 1.72. The molecule has 0 aliphatic carbocycles. The van der Waals surface area contributed by atoms with Crippen LogP contribution in [0.2, 0.25) is 5.02 Å². The number of nitrogens with zero attached hydrogens (tertiary/aromatic N) is 1. The van der Waals surface area contributed by atoms with Gasteiger partial charge in [-0.25, -0.2) is 12.7 Å². The van der Waals surface area contributed by atoms with Crippen molar-refractivity contribution in [3.63, 3.8) is 0 Å². The number of hydrogen-bond acceptors (Lipinski definition) is 3. The molecule has 29 heavy (non-hydrogen) atoms. The van der Waals surface area contributed by atoms with Gasteiger partial charge >= 0.3 is 0 Å². The second-order valence-electron chi connectivity index (χ2n) is 7.81. The van der Waals surface area contributed by atoms with Crippen molar-refractivity contribution in [1.29, 1.82) is 0 Å². The summed E-state index contributed by atoms with van der Waals surface area (Å²) in [4.78, 5) is 12.9. The van der Waals surface area contributed by atoms with Gasteiger partial charge in [-0.3, -0.25) is 4.79 Å². The number of hydrogen-bond donors (Lipinski definition) is 1. The average molecular weight is 435 g/mol. The fourth-order valence-corrected chi connectivity index (χ4v) is 5.84. The minimum absolute atomic E-state index is 0.127. The van der Waals surface area contributed by atoms with Gasteiger partial charge in [0.1, 0.15) is 0 Å². The van der Waals surface area contributed by atoms with Crippen LogP contribution in [0.5, 0.6) is 0 Å². The Morgan fingerprint density at radius 2 is 1.83 bits per heavy atom. The summed E-state index contributed by atoms with van der Waals surface area (Å²) in [7, 11) is -3.55. The number of rotatable bonds is 5. The number of aryl methyl sites for hydroxylation is 3. The molecule has 1 heterocycles. The average Bonchev–Trinajstić information content (AvgIpc) is 2.66. The molecule has 0 spiro atoms. The van der Waals surface area contributed by atoms with Crippen molar-refractivity contribution in [2.24, 2.45) is 5.92 Å². The lowest BCUT2D eigenvalue weighted by atomic mass is 9.98. The number of carbonyl (C=O) groups excluding carboxylic acids is 1. The van der Waals surface area contributed by atoms with Crippen molar-refractivity contribution >= 4 is 33.2 Å². The molecule has 1 N–H and O–H groups in total. The second-order valence-corrected chi connectivity index (χ2v) is 10.2. The van der Waals surface area contributed by atoms with Gasteiger partial charge in [-0.15, -0.1) is 0 Å². The first-order valence-corrected chi connectivity index (χ1v) is 11.8. The van der Waals surface area contributed by atoms with E-state index in [0.29, 0.717) is 30.0 Å². The van der Waals surface area contributed by atoms with Gasteiger partial charge in [-0.05, 0) is 56.4 Å². The molecule has 1 saturated heterocycles. The summed E-state index contributed by atoms with van der Waals surface area (Å²) in [6, 6.07) is 11.0. The standard InChI is InChI=1S/C22H27ClN2O3S/c1-15-11-16(2)21(17(3)12-15)24-22(26)18-8-6-10-25(13-18)29(27,28)14-19-7-4-5-9-20(19)23/h4-5,7,9,11-12,18H,6,8,10,13-14H2,1-3H3,(H,24,26). The van der Waals surface area contributed by atoms with Crippen LogP contribution in [0.1, 0.15) is 35.1 Å². The molecule has 0 saturated carbocycles. The molecule has 1 atom stereocenters. The summed E-state index contributed by atoms with van der Waals surface area (Å²) in [5.74, 6) is -0.653. The highest BCUT2D eigenvalue weighted by molar-refractivity contribution is 7.88. The zero-order valence-corrected chi connectivity index (χ0v) is 18.6. The number of nitrogens with one attached hydrogen (secondary N) is 1. The molecular formula is C22H27ClN2O3S. The molecule has 156 valence electrons. The number of piperidine rings is 1. The lowest BCUT2D eigenvalue weighted by molar-refractivity contribution is -0.120.